The van der Waals surface area contributed by atoms with Crippen molar-refractivity contribution < 1.29 is 24.7 Å². The highest BCUT2D eigenvalue weighted by atomic mass is 79.9. The van der Waals surface area contributed by atoms with Crippen LogP contribution in [0.5, 0.6) is 11.5 Å². The molecule has 19 heteroatoms. The number of nitrogens with zero attached hydrogens (tertiary/aromatic N) is 9. The van der Waals surface area contributed by atoms with E-state index in [1.807, 2.05) is 26.8 Å². The number of aromatic hydroxyl groups is 2. The number of nitrogens with one attached hydrogen (secondary N) is 2. The summed E-state index contributed by atoms with van der Waals surface area (Å²) in [6.07, 6.45) is 4.87. The van der Waals surface area contributed by atoms with E-state index in [1.165, 1.54) is 24.0 Å². The van der Waals surface area contributed by atoms with Crippen LogP contribution in [0.4, 0.5) is 23.1 Å². The van der Waals surface area contributed by atoms with Crippen molar-refractivity contribution in [2.45, 2.75) is 47.5 Å². The van der Waals surface area contributed by atoms with Crippen molar-refractivity contribution in [2.75, 3.05) is 10.6 Å². The molecule has 0 aliphatic heterocycles. The molecule has 5 aromatic rings. The summed E-state index contributed by atoms with van der Waals surface area (Å²) in [4.78, 5) is 47.2. The normalized spacial score (nSPS) is 11.8. The number of amides is 1. The number of hydrogen-bond donors (Lipinski definition) is 4. The van der Waals surface area contributed by atoms with E-state index in [0.717, 1.165) is 41.1 Å². The van der Waals surface area contributed by atoms with E-state index < -0.39 is 16.5 Å². The molecule has 1 saturated carbocycles. The molecule has 4 N–H and O–H groups in total. The Morgan fingerprint density at radius 2 is 1.63 bits per heavy atom. The molecule has 6 rings (SSSR count). The lowest BCUT2D eigenvalue weighted by atomic mass is 10.1. The van der Waals surface area contributed by atoms with E-state index in [-0.39, 0.29) is 33.5 Å². The quantitative estimate of drug-likeness (QED) is 0.0812. The molecule has 5 aromatic heterocycles. The first kappa shape index (κ1) is 38.4. The molecule has 266 valence electrons. The largest absolute Gasteiger partial charge is 0.505 e. The first-order valence-electron chi connectivity index (χ1n) is 15.2. The fraction of sp³-hybridized carbons (Fsp3) is 0.281. The smallest absolute Gasteiger partial charge is 0.407 e. The molecule has 0 radical (unpaired) electrons. The van der Waals surface area contributed by atoms with Crippen LogP contribution < -0.4 is 10.6 Å². The van der Waals surface area contributed by atoms with Crippen LogP contribution in [0.2, 0.25) is 0 Å². The lowest BCUT2D eigenvalue weighted by Crippen LogP contribution is -2.16. The number of aryl methyl sites for hydroxylation is 4. The fourth-order valence-corrected chi connectivity index (χ4v) is 5.30. The summed E-state index contributed by atoms with van der Waals surface area (Å²) in [6, 6.07) is 6.80. The van der Waals surface area contributed by atoms with E-state index in [2.05, 4.69) is 77.8 Å². The molecule has 1 aliphatic carbocycles. The highest BCUT2D eigenvalue weighted by molar-refractivity contribution is 9.10. The molecule has 0 bridgehead atoms. The van der Waals surface area contributed by atoms with Gasteiger partial charge in [-0.3, -0.25) is 14.6 Å². The second-order valence-corrected chi connectivity index (χ2v) is 13.1. The molecule has 0 spiro atoms. The molecule has 51 heavy (non-hydrogen) atoms. The maximum absolute atomic E-state index is 12.1. The number of carbonyl (C=O) groups excluding carboxylic acids is 2. The molecular weight excluding hydrogens is 794 g/mol. The van der Waals surface area contributed by atoms with E-state index in [9.17, 15) is 19.7 Å². The van der Waals surface area contributed by atoms with Crippen LogP contribution in [0, 0.1) is 43.7 Å². The van der Waals surface area contributed by atoms with Crippen molar-refractivity contribution in [3.63, 3.8) is 0 Å². The number of anilines is 3. The van der Waals surface area contributed by atoms with E-state index in [1.54, 1.807) is 32.3 Å². The minimum atomic E-state index is -0.729. The number of halogens is 2. The Bertz CT molecular complexity index is 2120. The lowest BCUT2D eigenvalue weighted by molar-refractivity contribution is -0.390. The molecular formula is C32H33Br2N11O6. The average Bonchev–Trinajstić information content (AvgIpc) is 3.83. The van der Waals surface area contributed by atoms with Crippen LogP contribution in [0.15, 0.2) is 45.6 Å². The van der Waals surface area contributed by atoms with Crippen LogP contribution in [0.25, 0.3) is 11.3 Å². The van der Waals surface area contributed by atoms with Gasteiger partial charge in [0.25, 0.3) is 0 Å². The van der Waals surface area contributed by atoms with Gasteiger partial charge in [0.1, 0.15) is 17.3 Å². The Morgan fingerprint density at radius 1 is 0.961 bits per heavy atom. The summed E-state index contributed by atoms with van der Waals surface area (Å²) >= 11 is 6.13. The van der Waals surface area contributed by atoms with E-state index >= 15 is 0 Å². The molecule has 1 fully saturated rings. The Balaban J connectivity index is 0.000000226. The zero-order valence-corrected chi connectivity index (χ0v) is 31.4. The lowest BCUT2D eigenvalue weighted by Gasteiger charge is -2.15. The predicted octanol–water partition coefficient (Wildman–Crippen LogP) is 6.20. The van der Waals surface area contributed by atoms with Crippen LogP contribution in [0.3, 0.4) is 0 Å². The van der Waals surface area contributed by atoms with Gasteiger partial charge in [-0.2, -0.15) is 15.0 Å². The topological polar surface area (TPSA) is 237 Å². The van der Waals surface area contributed by atoms with Crippen molar-refractivity contribution in [3.05, 3.63) is 84.1 Å². The van der Waals surface area contributed by atoms with Gasteiger partial charge in [0.05, 0.1) is 27.0 Å². The van der Waals surface area contributed by atoms with Gasteiger partial charge in [-0.25, -0.2) is 4.98 Å². The summed E-state index contributed by atoms with van der Waals surface area (Å²) in [5.41, 5.74) is 5.19. The Hall–Kier alpha value is -5.43. The molecule has 0 atom stereocenters. The van der Waals surface area contributed by atoms with Gasteiger partial charge >= 0.3 is 5.82 Å². The Kier molecular flexibility index (Phi) is 12.4. The molecule has 1 aliphatic rings. The van der Waals surface area contributed by atoms with Crippen LogP contribution in [0.1, 0.15) is 52.9 Å². The highest BCUT2D eigenvalue weighted by Crippen LogP contribution is 2.33. The van der Waals surface area contributed by atoms with Gasteiger partial charge in [0.2, 0.25) is 11.7 Å². The van der Waals surface area contributed by atoms with Gasteiger partial charge in [-0.15, -0.1) is 10.2 Å². The van der Waals surface area contributed by atoms with Crippen LogP contribution >= 0.6 is 31.9 Å². The molecule has 0 saturated heterocycles. The zero-order chi connectivity index (χ0) is 37.6. The minimum Gasteiger partial charge on any atom is -0.505 e. The van der Waals surface area contributed by atoms with Crippen molar-refractivity contribution >= 4 is 66.7 Å². The number of ketones is 1. The molecule has 0 aromatic carbocycles. The van der Waals surface area contributed by atoms with Gasteiger partial charge in [-0.1, -0.05) is 0 Å². The summed E-state index contributed by atoms with van der Waals surface area (Å²) in [6.45, 7) is 8.68. The third-order valence-electron chi connectivity index (χ3n) is 7.06. The predicted molar refractivity (Wildman–Crippen MR) is 194 cm³/mol. The maximum atomic E-state index is 12.1. The number of nitro groups is 1. The number of rotatable bonds is 7. The van der Waals surface area contributed by atoms with Gasteiger partial charge in [0, 0.05) is 61.5 Å². The van der Waals surface area contributed by atoms with Crippen molar-refractivity contribution in [1.82, 2.24) is 40.1 Å². The fourth-order valence-electron chi connectivity index (χ4n) is 4.36. The maximum Gasteiger partial charge on any atom is 0.407 e. The summed E-state index contributed by atoms with van der Waals surface area (Å²) in [5, 5.41) is 50.8. The average molecular weight is 827 g/mol. The number of hydrogen-bond acceptors (Lipinski definition) is 14. The SMILES string of the molecule is CC(=O)c1nnc(NC(=O)C2CC2)cc1Nc1nc(C)cc(-c2cnn(C)n2)c1C.Cc1cc(Br)c(O)c([N+](=O)[O-])n1.Cc1cc(Br)c(O)cn1. The van der Waals surface area contributed by atoms with Crippen molar-refractivity contribution in [2.24, 2.45) is 13.0 Å². The summed E-state index contributed by atoms with van der Waals surface area (Å²) in [5.74, 6) is -0.228. The van der Waals surface area contributed by atoms with Crippen LogP contribution in [-0.4, -0.2) is 67.0 Å². The number of aromatic nitrogens is 8. The minimum absolute atomic E-state index is 0.0333. The summed E-state index contributed by atoms with van der Waals surface area (Å²) in [7, 11) is 1.76. The second-order valence-electron chi connectivity index (χ2n) is 11.4. The number of carbonyl (C=O) groups is 2. The van der Waals surface area contributed by atoms with Gasteiger partial charge < -0.3 is 31.0 Å². The first-order chi connectivity index (χ1) is 24.0. The van der Waals surface area contributed by atoms with Crippen LogP contribution in [-0.2, 0) is 11.8 Å². The molecule has 1 amide bonds. The monoisotopic (exact) mass is 825 g/mol. The first-order valence-corrected chi connectivity index (χ1v) is 16.8. The Morgan fingerprint density at radius 3 is 2.20 bits per heavy atom. The third-order valence-corrected chi connectivity index (χ3v) is 8.30. The second kappa shape index (κ2) is 16.5. The van der Waals surface area contributed by atoms with Gasteiger partial charge in [-0.05, 0) is 87.5 Å². The standard InChI is InChI=1S/C20H22N8O2.C6H5BrN2O3.C6H6BrNO/c1-10-7-14(16-9-21-28(4)27-16)11(2)19(22-10)23-15-8-17(24-20(30)13-5-6-13)25-26-18(15)12(3)29;1-3-2-4(7)5(10)6(8-3)9(11)12;1-4-2-5(7)6(9)3-8-4/h7-9,13H,5-6H2,1-4H3,(H2,22,23,24,25,30);2,10H,1H3;2-3,9H,1H3. The van der Waals surface area contributed by atoms with Crippen molar-refractivity contribution in [1.29, 1.82) is 0 Å². The molecule has 0 unspecified atom stereocenters. The Labute approximate surface area is 308 Å². The number of pyridine rings is 3. The van der Waals surface area contributed by atoms with E-state index in [4.69, 9.17) is 10.2 Å². The molecule has 5 heterocycles. The molecule has 17 nitrogen and oxygen atoms in total. The van der Waals surface area contributed by atoms with Gasteiger partial charge in [0.15, 0.2) is 23.0 Å². The van der Waals surface area contributed by atoms with Crippen molar-refractivity contribution in [3.8, 4) is 22.8 Å². The van der Waals surface area contributed by atoms with E-state index in [0.29, 0.717) is 27.5 Å². The third kappa shape index (κ3) is 10.3. The highest BCUT2D eigenvalue weighted by Gasteiger charge is 2.30. The summed E-state index contributed by atoms with van der Waals surface area (Å²) < 4.78 is 0.969. The zero-order valence-electron chi connectivity index (χ0n) is 28.3. The number of Topliss-reactive ketones (excluding diaryl/α,β-unsaturated/α-hetero) is 1.